The van der Waals surface area contributed by atoms with Crippen molar-refractivity contribution in [1.82, 2.24) is 0 Å². The molecular formula is C83H162O17P2. The second-order valence-electron chi connectivity index (χ2n) is 30.1. The minimum atomic E-state index is -4.96. The molecule has 3 unspecified atom stereocenters. The van der Waals surface area contributed by atoms with Crippen LogP contribution in [0.4, 0.5) is 0 Å². The number of ether oxygens (including phenoxy) is 4. The Morgan fingerprint density at radius 1 is 0.275 bits per heavy atom. The number of esters is 4. The van der Waals surface area contributed by atoms with E-state index in [0.717, 1.165) is 95.8 Å². The number of rotatable bonds is 83. The van der Waals surface area contributed by atoms with E-state index in [2.05, 4.69) is 34.6 Å². The van der Waals surface area contributed by atoms with Gasteiger partial charge in [0.2, 0.25) is 0 Å². The first-order valence-corrected chi connectivity index (χ1v) is 46.2. The second-order valence-corrected chi connectivity index (χ2v) is 33.0. The van der Waals surface area contributed by atoms with E-state index in [1.165, 1.54) is 270 Å². The van der Waals surface area contributed by atoms with Crippen LogP contribution in [0.3, 0.4) is 0 Å². The Kier molecular flexibility index (Phi) is 74.4. The van der Waals surface area contributed by atoms with Crippen LogP contribution in [0.15, 0.2) is 0 Å². The molecule has 0 amide bonds. The number of carbonyl (C=O) groups excluding carboxylic acids is 4. The molecule has 6 atom stereocenters. The van der Waals surface area contributed by atoms with Crippen LogP contribution in [0, 0.1) is 5.92 Å². The van der Waals surface area contributed by atoms with Crippen molar-refractivity contribution >= 4 is 39.5 Å². The van der Waals surface area contributed by atoms with Crippen LogP contribution in [-0.4, -0.2) is 96.7 Å². The highest BCUT2D eigenvalue weighted by atomic mass is 31.2. The van der Waals surface area contributed by atoms with Gasteiger partial charge in [0.25, 0.3) is 0 Å². The molecule has 0 heterocycles. The number of phosphoric acid groups is 2. The fourth-order valence-corrected chi connectivity index (χ4v) is 14.5. The molecule has 0 aromatic carbocycles. The largest absolute Gasteiger partial charge is 0.472 e. The molecule has 3 N–H and O–H groups in total. The Morgan fingerprint density at radius 3 is 0.696 bits per heavy atom. The molecule has 0 aromatic rings. The van der Waals surface area contributed by atoms with Crippen LogP contribution in [0.5, 0.6) is 0 Å². The van der Waals surface area contributed by atoms with Gasteiger partial charge in [0, 0.05) is 25.7 Å². The van der Waals surface area contributed by atoms with Crippen LogP contribution in [0.25, 0.3) is 0 Å². The summed E-state index contributed by atoms with van der Waals surface area (Å²) in [5.41, 5.74) is 0. The lowest BCUT2D eigenvalue weighted by Crippen LogP contribution is -2.30. The van der Waals surface area contributed by atoms with Crippen molar-refractivity contribution < 1.29 is 80.2 Å². The molecule has 0 aliphatic carbocycles. The van der Waals surface area contributed by atoms with E-state index in [0.29, 0.717) is 25.7 Å². The molecule has 17 nitrogen and oxygen atoms in total. The van der Waals surface area contributed by atoms with Gasteiger partial charge < -0.3 is 33.8 Å². The number of hydrogen-bond donors (Lipinski definition) is 3. The zero-order valence-corrected chi connectivity index (χ0v) is 68.5. The van der Waals surface area contributed by atoms with E-state index in [4.69, 9.17) is 37.0 Å². The van der Waals surface area contributed by atoms with Crippen LogP contribution in [0.1, 0.15) is 446 Å². The maximum atomic E-state index is 13.1. The summed E-state index contributed by atoms with van der Waals surface area (Å²) in [7, 11) is -9.92. The average molecular weight is 1490 g/mol. The van der Waals surface area contributed by atoms with Crippen LogP contribution >= 0.6 is 15.6 Å². The van der Waals surface area contributed by atoms with Gasteiger partial charge in [-0.1, -0.05) is 394 Å². The number of carbonyl (C=O) groups is 4. The van der Waals surface area contributed by atoms with Gasteiger partial charge in [-0.05, 0) is 31.6 Å². The van der Waals surface area contributed by atoms with Gasteiger partial charge in [-0.2, -0.15) is 0 Å². The predicted molar refractivity (Wildman–Crippen MR) is 418 cm³/mol. The van der Waals surface area contributed by atoms with Gasteiger partial charge in [-0.15, -0.1) is 0 Å². The Hall–Kier alpha value is -1.94. The van der Waals surface area contributed by atoms with Gasteiger partial charge in [0.05, 0.1) is 26.4 Å². The zero-order valence-electron chi connectivity index (χ0n) is 66.8. The standard InChI is InChI=1S/C83H162O17P2/c1-6-10-13-16-19-22-24-26-28-29-33-36-40-43-47-52-57-62-67-81(86)94-73-79(100-83(88)69-64-59-54-49-45-41-37-34-31-30-32-35-38-42-46-50-55-60-65-76(5)9-4)75-98-102(91,92)96-71-77(84)70-95-101(89,90)97-74-78(72-93-80(85)66-61-56-51-21-18-15-12-8-3)99-82(87)68-63-58-53-48-44-39-27-25-23-20-17-14-11-7-2/h76-79,84H,6-75H2,1-5H3,(H,89,90)(H,91,92)/t76?,77-,78+,79+/m0/s1. The normalized spacial score (nSPS) is 14.1. The number of aliphatic hydroxyl groups excluding tert-OH is 1. The molecule has 0 saturated heterocycles. The third-order valence-electron chi connectivity index (χ3n) is 19.9. The average Bonchev–Trinajstić information content (AvgIpc) is 0.915. The van der Waals surface area contributed by atoms with Gasteiger partial charge in [-0.3, -0.25) is 37.3 Å². The fraction of sp³-hybridized carbons (Fsp3) is 0.952. The maximum Gasteiger partial charge on any atom is 0.472 e. The summed E-state index contributed by atoms with van der Waals surface area (Å²) in [4.78, 5) is 73.0. The fourth-order valence-electron chi connectivity index (χ4n) is 12.9. The molecule has 19 heteroatoms. The van der Waals surface area contributed by atoms with Crippen molar-refractivity contribution in [1.29, 1.82) is 0 Å². The van der Waals surface area contributed by atoms with Crippen molar-refractivity contribution in [3.05, 3.63) is 0 Å². The maximum absolute atomic E-state index is 13.1. The molecule has 0 fully saturated rings. The number of unbranched alkanes of at least 4 members (excludes halogenated alkanes) is 54. The van der Waals surface area contributed by atoms with E-state index < -0.39 is 97.5 Å². The first-order chi connectivity index (χ1) is 49.6. The van der Waals surface area contributed by atoms with Crippen molar-refractivity contribution in [3.63, 3.8) is 0 Å². The summed E-state index contributed by atoms with van der Waals surface area (Å²) in [5.74, 6) is -1.23. The molecule has 0 saturated carbocycles. The van der Waals surface area contributed by atoms with Crippen LogP contribution in [-0.2, 0) is 65.4 Å². The highest BCUT2D eigenvalue weighted by Gasteiger charge is 2.30. The lowest BCUT2D eigenvalue weighted by Gasteiger charge is -2.21. The van der Waals surface area contributed by atoms with Gasteiger partial charge in [0.1, 0.15) is 19.3 Å². The third-order valence-corrected chi connectivity index (χ3v) is 21.8. The summed E-state index contributed by atoms with van der Waals surface area (Å²) in [6.07, 6.45) is 68.1. The van der Waals surface area contributed by atoms with Crippen molar-refractivity contribution in [2.45, 2.75) is 464 Å². The first kappa shape index (κ1) is 100. The third kappa shape index (κ3) is 74.9. The first-order valence-electron chi connectivity index (χ1n) is 43.2. The second kappa shape index (κ2) is 75.9. The summed E-state index contributed by atoms with van der Waals surface area (Å²) >= 11 is 0. The van der Waals surface area contributed by atoms with Gasteiger partial charge in [0.15, 0.2) is 12.2 Å². The Balaban J connectivity index is 5.18. The van der Waals surface area contributed by atoms with Gasteiger partial charge >= 0.3 is 39.5 Å². The van der Waals surface area contributed by atoms with Crippen molar-refractivity contribution in [2.75, 3.05) is 39.6 Å². The molecule has 0 aliphatic heterocycles. The molecule has 0 radical (unpaired) electrons. The Morgan fingerprint density at radius 2 is 0.471 bits per heavy atom. The highest BCUT2D eigenvalue weighted by Crippen LogP contribution is 2.45. The molecule has 606 valence electrons. The number of phosphoric ester groups is 2. The summed E-state index contributed by atoms with van der Waals surface area (Å²) in [6, 6.07) is 0. The summed E-state index contributed by atoms with van der Waals surface area (Å²) < 4.78 is 68.7. The monoisotopic (exact) mass is 1490 g/mol. The van der Waals surface area contributed by atoms with Crippen LogP contribution < -0.4 is 0 Å². The highest BCUT2D eigenvalue weighted by molar-refractivity contribution is 7.47. The summed E-state index contributed by atoms with van der Waals surface area (Å²) in [6.45, 7) is 7.39. The molecular weight excluding hydrogens is 1330 g/mol. The van der Waals surface area contributed by atoms with E-state index >= 15 is 0 Å². The topological polar surface area (TPSA) is 237 Å². The minimum Gasteiger partial charge on any atom is -0.462 e. The van der Waals surface area contributed by atoms with Gasteiger partial charge in [-0.25, -0.2) is 9.13 Å². The quantitative estimate of drug-likeness (QED) is 0.0222. The van der Waals surface area contributed by atoms with E-state index in [-0.39, 0.29) is 25.7 Å². The lowest BCUT2D eigenvalue weighted by atomic mass is 9.99. The van der Waals surface area contributed by atoms with Crippen molar-refractivity contribution in [2.24, 2.45) is 5.92 Å². The molecule has 0 bridgehead atoms. The van der Waals surface area contributed by atoms with Crippen LogP contribution in [0.2, 0.25) is 0 Å². The molecule has 102 heavy (non-hydrogen) atoms. The number of hydrogen-bond acceptors (Lipinski definition) is 15. The molecule has 0 spiro atoms. The Labute approximate surface area is 626 Å². The lowest BCUT2D eigenvalue weighted by molar-refractivity contribution is -0.161. The SMILES string of the molecule is CCCCCCCCCCCCCCCCCCCCC(=O)OC[C@H](COP(=O)(O)OC[C@@H](O)COP(=O)(O)OC[C@@H](COC(=O)CCCCCCCCCC)OC(=O)CCCCCCCCCCCCCCCC)OC(=O)CCCCCCCCCCCCCCCCCCCCC(C)CC. The van der Waals surface area contributed by atoms with E-state index in [9.17, 15) is 43.2 Å². The molecule has 0 aliphatic rings. The number of aliphatic hydroxyl groups is 1. The summed E-state index contributed by atoms with van der Waals surface area (Å²) in [5, 5.41) is 10.6. The molecule has 0 rings (SSSR count). The minimum absolute atomic E-state index is 0.108. The zero-order chi connectivity index (χ0) is 74.8. The predicted octanol–water partition coefficient (Wildman–Crippen LogP) is 25.2. The molecule has 0 aromatic heterocycles. The van der Waals surface area contributed by atoms with E-state index in [1.54, 1.807) is 0 Å². The van der Waals surface area contributed by atoms with E-state index in [1.807, 2.05) is 0 Å². The van der Waals surface area contributed by atoms with Crippen molar-refractivity contribution in [3.8, 4) is 0 Å². The smallest absolute Gasteiger partial charge is 0.462 e. The Bertz CT molecular complexity index is 1950.